The third kappa shape index (κ3) is 3.75. The first-order chi connectivity index (χ1) is 4.88. The van der Waals surface area contributed by atoms with Gasteiger partial charge in [-0.25, -0.2) is 0 Å². The van der Waals surface area contributed by atoms with Crippen LogP contribution in [-0.2, 0) is 9.59 Å². The predicted octanol–water partition coefficient (Wildman–Crippen LogP) is 0.738. The lowest BCUT2D eigenvalue weighted by Crippen LogP contribution is -2.28. The molecule has 0 aromatic carbocycles. The van der Waals surface area contributed by atoms with Gasteiger partial charge in [-0.3, -0.25) is 9.59 Å². The molecule has 0 unspecified atom stereocenters. The number of nitrogens with one attached hydrogen (secondary N) is 1. The lowest BCUT2D eigenvalue weighted by atomic mass is 9.89. The summed E-state index contributed by atoms with van der Waals surface area (Å²) >= 11 is 0. The molecule has 0 aliphatic carbocycles. The molecule has 0 atom stereocenters. The SMILES string of the molecule is CNC(=O)CC(=O)C(C)(C)C. The fraction of sp³-hybridized carbons (Fsp3) is 0.750. The quantitative estimate of drug-likeness (QED) is 0.601. The van der Waals surface area contributed by atoms with Crippen molar-refractivity contribution >= 4 is 11.7 Å². The molecule has 0 aromatic heterocycles. The van der Waals surface area contributed by atoms with Crippen molar-refractivity contribution in [2.45, 2.75) is 27.2 Å². The van der Waals surface area contributed by atoms with E-state index in [4.69, 9.17) is 0 Å². The molecule has 0 radical (unpaired) electrons. The molecule has 1 amide bonds. The first-order valence-electron chi connectivity index (χ1n) is 3.62. The molecule has 0 fully saturated rings. The monoisotopic (exact) mass is 157 g/mol. The summed E-state index contributed by atoms with van der Waals surface area (Å²) in [5, 5.41) is 2.41. The van der Waals surface area contributed by atoms with Gasteiger partial charge in [0, 0.05) is 12.5 Å². The molecule has 0 aliphatic heterocycles. The van der Waals surface area contributed by atoms with Crippen LogP contribution in [0.25, 0.3) is 0 Å². The fourth-order valence-corrected chi connectivity index (χ4v) is 0.499. The number of hydrogen-bond donors (Lipinski definition) is 1. The second-order valence-corrected chi connectivity index (χ2v) is 3.52. The minimum Gasteiger partial charge on any atom is -0.359 e. The maximum Gasteiger partial charge on any atom is 0.227 e. The van der Waals surface area contributed by atoms with Crippen LogP contribution in [-0.4, -0.2) is 18.7 Å². The predicted molar refractivity (Wildman–Crippen MR) is 43.1 cm³/mol. The zero-order valence-corrected chi connectivity index (χ0v) is 7.52. The highest BCUT2D eigenvalue weighted by Crippen LogP contribution is 2.16. The molecule has 0 aromatic rings. The maximum atomic E-state index is 11.2. The zero-order valence-electron chi connectivity index (χ0n) is 7.52. The molecule has 3 heteroatoms. The minimum absolute atomic E-state index is 0.0139. The number of carbonyl (C=O) groups excluding carboxylic acids is 2. The van der Waals surface area contributed by atoms with Crippen LogP contribution < -0.4 is 5.32 Å². The Bertz CT molecular complexity index is 167. The Balaban J connectivity index is 3.99. The van der Waals surface area contributed by atoms with Crippen molar-refractivity contribution in [3.8, 4) is 0 Å². The van der Waals surface area contributed by atoms with Crippen LogP contribution in [0.5, 0.6) is 0 Å². The molecule has 64 valence electrons. The zero-order chi connectivity index (χ0) is 9.07. The average molecular weight is 157 g/mol. The largest absolute Gasteiger partial charge is 0.359 e. The molecule has 0 heterocycles. The first-order valence-corrected chi connectivity index (χ1v) is 3.62. The summed E-state index contributed by atoms with van der Waals surface area (Å²) in [4.78, 5) is 21.9. The Morgan fingerprint density at radius 1 is 1.27 bits per heavy atom. The van der Waals surface area contributed by atoms with Crippen LogP contribution in [0, 0.1) is 5.41 Å². The minimum atomic E-state index is -0.410. The van der Waals surface area contributed by atoms with Crippen LogP contribution in [0.4, 0.5) is 0 Å². The van der Waals surface area contributed by atoms with Crippen LogP contribution in [0.3, 0.4) is 0 Å². The van der Waals surface area contributed by atoms with Crippen LogP contribution >= 0.6 is 0 Å². The molecule has 0 bridgehead atoms. The lowest BCUT2D eigenvalue weighted by molar-refractivity contribution is -0.132. The Morgan fingerprint density at radius 2 is 1.73 bits per heavy atom. The van der Waals surface area contributed by atoms with E-state index >= 15 is 0 Å². The van der Waals surface area contributed by atoms with E-state index in [1.807, 2.05) is 0 Å². The van der Waals surface area contributed by atoms with Crippen molar-refractivity contribution in [3.05, 3.63) is 0 Å². The Morgan fingerprint density at radius 3 is 2.00 bits per heavy atom. The second-order valence-electron chi connectivity index (χ2n) is 3.52. The molecule has 11 heavy (non-hydrogen) atoms. The molecule has 0 aliphatic rings. The number of ketones is 1. The van der Waals surface area contributed by atoms with E-state index in [9.17, 15) is 9.59 Å². The summed E-state index contributed by atoms with van der Waals surface area (Å²) in [6, 6.07) is 0. The van der Waals surface area contributed by atoms with E-state index in [1.165, 1.54) is 7.05 Å². The lowest BCUT2D eigenvalue weighted by Gasteiger charge is -2.15. The molecule has 0 saturated carbocycles. The number of amides is 1. The highest BCUT2D eigenvalue weighted by Gasteiger charge is 2.22. The highest BCUT2D eigenvalue weighted by molar-refractivity contribution is 6.00. The third-order valence-electron chi connectivity index (χ3n) is 1.44. The summed E-state index contributed by atoms with van der Waals surface area (Å²) in [5.74, 6) is -0.248. The van der Waals surface area contributed by atoms with Gasteiger partial charge in [0.05, 0.1) is 6.42 Å². The van der Waals surface area contributed by atoms with E-state index in [0.717, 1.165) is 0 Å². The van der Waals surface area contributed by atoms with Crippen molar-refractivity contribution in [3.63, 3.8) is 0 Å². The molecular weight excluding hydrogens is 142 g/mol. The highest BCUT2D eigenvalue weighted by atomic mass is 16.2. The van der Waals surface area contributed by atoms with Gasteiger partial charge in [0.25, 0.3) is 0 Å². The van der Waals surface area contributed by atoms with Gasteiger partial charge in [-0.15, -0.1) is 0 Å². The standard InChI is InChI=1S/C8H15NO2/c1-8(2,3)6(10)5-7(11)9-4/h5H2,1-4H3,(H,9,11). The third-order valence-corrected chi connectivity index (χ3v) is 1.44. The smallest absolute Gasteiger partial charge is 0.227 e. The number of hydrogen-bond acceptors (Lipinski definition) is 2. The van der Waals surface area contributed by atoms with E-state index < -0.39 is 5.41 Å². The second kappa shape index (κ2) is 3.51. The van der Waals surface area contributed by atoms with Gasteiger partial charge >= 0.3 is 0 Å². The Hall–Kier alpha value is -0.860. The van der Waals surface area contributed by atoms with Gasteiger partial charge in [0.2, 0.25) is 5.91 Å². The molecule has 0 saturated heterocycles. The fourth-order valence-electron chi connectivity index (χ4n) is 0.499. The summed E-state index contributed by atoms with van der Waals surface area (Å²) in [6.45, 7) is 5.41. The van der Waals surface area contributed by atoms with Gasteiger partial charge in [-0.05, 0) is 0 Å². The molecule has 3 nitrogen and oxygen atoms in total. The van der Waals surface area contributed by atoms with Crippen molar-refractivity contribution < 1.29 is 9.59 Å². The Kier molecular flexibility index (Phi) is 3.23. The topological polar surface area (TPSA) is 46.2 Å². The van der Waals surface area contributed by atoms with E-state index in [-0.39, 0.29) is 18.1 Å². The molecule has 0 spiro atoms. The molecule has 0 rings (SSSR count). The Labute approximate surface area is 67.2 Å². The van der Waals surface area contributed by atoms with E-state index in [1.54, 1.807) is 20.8 Å². The van der Waals surface area contributed by atoms with Crippen molar-refractivity contribution in [1.82, 2.24) is 5.32 Å². The van der Waals surface area contributed by atoms with Crippen LogP contribution in [0.15, 0.2) is 0 Å². The summed E-state index contributed by atoms with van der Waals surface area (Å²) in [5.41, 5.74) is -0.410. The van der Waals surface area contributed by atoms with E-state index in [2.05, 4.69) is 5.32 Å². The van der Waals surface area contributed by atoms with Gasteiger partial charge in [0.15, 0.2) is 0 Å². The van der Waals surface area contributed by atoms with Crippen molar-refractivity contribution in [2.75, 3.05) is 7.05 Å². The number of rotatable bonds is 2. The number of Topliss-reactive ketones (excluding diaryl/α,β-unsaturated/α-hetero) is 1. The normalized spacial score (nSPS) is 10.9. The summed E-state index contributed by atoms with van der Waals surface area (Å²) in [6.07, 6.45) is -0.0139. The summed E-state index contributed by atoms with van der Waals surface area (Å²) in [7, 11) is 1.53. The molecular formula is C8H15NO2. The van der Waals surface area contributed by atoms with Crippen LogP contribution in [0.1, 0.15) is 27.2 Å². The first kappa shape index (κ1) is 10.1. The van der Waals surface area contributed by atoms with Crippen molar-refractivity contribution in [2.24, 2.45) is 5.41 Å². The van der Waals surface area contributed by atoms with Gasteiger partial charge in [-0.1, -0.05) is 20.8 Å². The van der Waals surface area contributed by atoms with Gasteiger partial charge < -0.3 is 5.32 Å². The van der Waals surface area contributed by atoms with Gasteiger partial charge in [-0.2, -0.15) is 0 Å². The van der Waals surface area contributed by atoms with Crippen LogP contribution in [0.2, 0.25) is 0 Å². The van der Waals surface area contributed by atoms with Crippen molar-refractivity contribution in [1.29, 1.82) is 0 Å². The number of carbonyl (C=O) groups is 2. The molecule has 1 N–H and O–H groups in total. The van der Waals surface area contributed by atoms with Gasteiger partial charge in [0.1, 0.15) is 5.78 Å². The van der Waals surface area contributed by atoms with E-state index in [0.29, 0.717) is 0 Å². The summed E-state index contributed by atoms with van der Waals surface area (Å²) < 4.78 is 0. The average Bonchev–Trinajstić information content (AvgIpc) is 1.85. The maximum absolute atomic E-state index is 11.2.